The van der Waals surface area contributed by atoms with Gasteiger partial charge in [-0.15, -0.1) is 11.3 Å². The van der Waals surface area contributed by atoms with Crippen molar-refractivity contribution in [3.63, 3.8) is 0 Å². The van der Waals surface area contributed by atoms with Crippen LogP contribution in [0.25, 0.3) is 0 Å². The Labute approximate surface area is 118 Å². The maximum Gasteiger partial charge on any atom is 0.250 e. The Kier molecular flexibility index (Phi) is 5.35. The van der Waals surface area contributed by atoms with E-state index in [-0.39, 0.29) is 6.04 Å². The van der Waals surface area contributed by atoms with Gasteiger partial charge in [0.15, 0.2) is 0 Å². The van der Waals surface area contributed by atoms with E-state index >= 15 is 0 Å². The van der Waals surface area contributed by atoms with Gasteiger partial charge >= 0.3 is 0 Å². The van der Waals surface area contributed by atoms with Gasteiger partial charge in [-0.3, -0.25) is 0 Å². The Morgan fingerprint density at radius 1 is 1.47 bits per heavy atom. The number of sulfonamides is 1. The Morgan fingerprint density at radius 3 is 3.00 bits per heavy atom. The molecule has 108 valence electrons. The number of rotatable bonds is 7. The van der Waals surface area contributed by atoms with E-state index in [1.54, 1.807) is 6.07 Å². The van der Waals surface area contributed by atoms with Crippen molar-refractivity contribution in [2.24, 2.45) is 0 Å². The highest BCUT2D eigenvalue weighted by Gasteiger charge is 2.24. The van der Waals surface area contributed by atoms with Crippen LogP contribution in [-0.4, -0.2) is 40.8 Å². The molecule has 0 aliphatic carbocycles. The van der Waals surface area contributed by atoms with E-state index in [1.165, 1.54) is 11.3 Å². The lowest BCUT2D eigenvalue weighted by Gasteiger charge is -2.09. The summed E-state index contributed by atoms with van der Waals surface area (Å²) in [6.07, 6.45) is 1.61. The predicted octanol–water partition coefficient (Wildman–Crippen LogP) is 0.967. The van der Waals surface area contributed by atoms with Crippen LogP contribution in [0.1, 0.15) is 18.2 Å². The number of hydrogen-bond acceptors (Lipinski definition) is 5. The van der Waals surface area contributed by atoms with Crippen molar-refractivity contribution >= 4 is 21.4 Å². The number of likely N-dealkylation sites (N-methyl/N-ethyl adjacent to an activating group) is 1. The molecule has 19 heavy (non-hydrogen) atoms. The van der Waals surface area contributed by atoms with Gasteiger partial charge in [0.05, 0.1) is 6.61 Å². The second-order valence-corrected chi connectivity index (χ2v) is 7.62. The third-order valence-corrected chi connectivity index (χ3v) is 6.11. The van der Waals surface area contributed by atoms with Gasteiger partial charge in [-0.25, -0.2) is 13.1 Å². The van der Waals surface area contributed by atoms with Crippen LogP contribution in [-0.2, 0) is 21.2 Å². The first-order valence-electron chi connectivity index (χ1n) is 6.51. The first-order valence-corrected chi connectivity index (χ1v) is 8.81. The van der Waals surface area contributed by atoms with E-state index in [0.717, 1.165) is 30.8 Å². The van der Waals surface area contributed by atoms with E-state index in [9.17, 15) is 8.42 Å². The van der Waals surface area contributed by atoms with Crippen molar-refractivity contribution in [1.82, 2.24) is 10.0 Å². The Hall–Kier alpha value is -0.470. The minimum atomic E-state index is -3.39. The van der Waals surface area contributed by atoms with Gasteiger partial charge in [-0.2, -0.15) is 0 Å². The highest BCUT2D eigenvalue weighted by molar-refractivity contribution is 7.91. The van der Waals surface area contributed by atoms with Crippen molar-refractivity contribution in [1.29, 1.82) is 0 Å². The number of thiophene rings is 1. The summed E-state index contributed by atoms with van der Waals surface area (Å²) in [7, 11) is -3.39. The smallest absolute Gasteiger partial charge is 0.250 e. The second-order valence-electron chi connectivity index (χ2n) is 4.51. The minimum absolute atomic E-state index is 0.0858. The van der Waals surface area contributed by atoms with Gasteiger partial charge in [-0.1, -0.05) is 6.92 Å². The summed E-state index contributed by atoms with van der Waals surface area (Å²) in [4.78, 5) is 1.09. The molecule has 1 saturated heterocycles. The highest BCUT2D eigenvalue weighted by Crippen LogP contribution is 2.22. The molecule has 2 rings (SSSR count). The van der Waals surface area contributed by atoms with Gasteiger partial charge in [0, 0.05) is 17.5 Å². The van der Waals surface area contributed by atoms with Crippen LogP contribution >= 0.6 is 11.3 Å². The lowest BCUT2D eigenvalue weighted by atomic mass is 10.3. The number of hydrogen-bond donors (Lipinski definition) is 2. The van der Waals surface area contributed by atoms with E-state index in [0.29, 0.717) is 17.4 Å². The van der Waals surface area contributed by atoms with Crippen molar-refractivity contribution < 1.29 is 13.2 Å². The summed E-state index contributed by atoms with van der Waals surface area (Å²) < 4.78 is 32.6. The van der Waals surface area contributed by atoms with Gasteiger partial charge in [-0.05, 0) is 38.1 Å². The molecule has 5 nitrogen and oxygen atoms in total. The molecular weight excluding hydrogens is 284 g/mol. The summed E-state index contributed by atoms with van der Waals surface area (Å²) in [5.74, 6) is 0. The summed E-state index contributed by atoms with van der Waals surface area (Å²) in [6, 6.07) is 3.49. The molecule has 0 bridgehead atoms. The first kappa shape index (κ1) is 14.9. The van der Waals surface area contributed by atoms with Crippen LogP contribution < -0.4 is 10.0 Å². The molecule has 1 aromatic heterocycles. The molecule has 1 unspecified atom stereocenters. The largest absolute Gasteiger partial charge is 0.380 e. The molecule has 1 fully saturated rings. The van der Waals surface area contributed by atoms with Crippen LogP contribution in [0.2, 0.25) is 0 Å². The summed E-state index contributed by atoms with van der Waals surface area (Å²) in [5, 5.41) is 3.23. The van der Waals surface area contributed by atoms with Crippen molar-refractivity contribution in [3.8, 4) is 0 Å². The van der Waals surface area contributed by atoms with Crippen LogP contribution in [0.15, 0.2) is 16.3 Å². The van der Waals surface area contributed by atoms with Crippen molar-refractivity contribution in [2.75, 3.05) is 26.3 Å². The van der Waals surface area contributed by atoms with Gasteiger partial charge < -0.3 is 10.1 Å². The molecular formula is C12H20N2O3S2. The van der Waals surface area contributed by atoms with Gasteiger partial charge in [0.2, 0.25) is 10.0 Å². The molecule has 0 radical (unpaired) electrons. The minimum Gasteiger partial charge on any atom is -0.380 e. The summed E-state index contributed by atoms with van der Waals surface area (Å²) in [5.41, 5.74) is 0. The molecule has 0 saturated carbocycles. The van der Waals surface area contributed by atoms with Crippen LogP contribution in [0.4, 0.5) is 0 Å². The molecule has 0 aromatic carbocycles. The number of ether oxygens (including phenoxy) is 1. The highest BCUT2D eigenvalue weighted by atomic mass is 32.2. The first-order chi connectivity index (χ1) is 9.12. The molecule has 1 aromatic rings. The van der Waals surface area contributed by atoms with Crippen LogP contribution in [0.3, 0.4) is 0 Å². The van der Waals surface area contributed by atoms with Gasteiger partial charge in [0.1, 0.15) is 4.21 Å². The predicted molar refractivity (Wildman–Crippen MR) is 76.1 cm³/mol. The molecule has 7 heteroatoms. The average Bonchev–Trinajstić information content (AvgIpc) is 3.00. The van der Waals surface area contributed by atoms with Crippen LogP contribution in [0.5, 0.6) is 0 Å². The zero-order valence-corrected chi connectivity index (χ0v) is 12.6. The lowest BCUT2D eigenvalue weighted by Crippen LogP contribution is -2.34. The normalized spacial score (nSPS) is 19.9. The second kappa shape index (κ2) is 6.81. The molecule has 2 heterocycles. The maximum atomic E-state index is 12.2. The van der Waals surface area contributed by atoms with E-state index < -0.39 is 10.0 Å². The summed E-state index contributed by atoms with van der Waals surface area (Å²) in [6.45, 7) is 4.96. The van der Waals surface area contributed by atoms with E-state index in [2.05, 4.69) is 17.0 Å². The Bertz CT molecular complexity index is 493. The molecule has 0 amide bonds. The molecule has 0 spiro atoms. The molecule has 1 aliphatic rings. The number of nitrogens with one attached hydrogen (secondary N) is 2. The molecule has 1 atom stereocenters. The van der Waals surface area contributed by atoms with Crippen molar-refractivity contribution in [2.45, 2.75) is 30.0 Å². The van der Waals surface area contributed by atoms with Gasteiger partial charge in [0.25, 0.3) is 0 Å². The average molecular weight is 304 g/mol. The summed E-state index contributed by atoms with van der Waals surface area (Å²) >= 11 is 1.34. The topological polar surface area (TPSA) is 67.4 Å². The fraction of sp³-hybridized carbons (Fsp3) is 0.667. The lowest BCUT2D eigenvalue weighted by molar-refractivity contribution is 0.192. The monoisotopic (exact) mass is 304 g/mol. The maximum absolute atomic E-state index is 12.2. The zero-order valence-electron chi connectivity index (χ0n) is 11.0. The Balaban J connectivity index is 1.95. The van der Waals surface area contributed by atoms with Crippen LogP contribution in [0, 0.1) is 0 Å². The van der Waals surface area contributed by atoms with Crippen molar-refractivity contribution in [3.05, 3.63) is 17.0 Å². The van der Waals surface area contributed by atoms with E-state index in [1.807, 2.05) is 6.07 Å². The SMILES string of the molecule is CCNCCc1ccc(S(=O)(=O)NC2CCOC2)s1. The fourth-order valence-electron chi connectivity index (χ4n) is 1.93. The zero-order chi connectivity index (χ0) is 13.7. The third kappa shape index (κ3) is 4.25. The Morgan fingerprint density at radius 2 is 2.32 bits per heavy atom. The third-order valence-electron chi connectivity index (χ3n) is 2.95. The standard InChI is InChI=1S/C12H20N2O3S2/c1-2-13-7-5-11-3-4-12(18-11)19(15,16)14-10-6-8-17-9-10/h3-4,10,13-14H,2,5-9H2,1H3. The molecule has 2 N–H and O–H groups in total. The quantitative estimate of drug-likeness (QED) is 0.737. The fourth-order valence-corrected chi connectivity index (χ4v) is 4.56. The van der Waals surface area contributed by atoms with E-state index in [4.69, 9.17) is 4.74 Å². The molecule has 1 aliphatic heterocycles.